The number of rotatable bonds is 1. The third kappa shape index (κ3) is 3.05. The molecule has 3 heteroatoms. The van der Waals surface area contributed by atoms with Gasteiger partial charge in [-0.1, -0.05) is 27.2 Å². The van der Waals surface area contributed by atoms with E-state index in [2.05, 4.69) is 35.9 Å². The zero-order valence-corrected chi connectivity index (χ0v) is 13.7. The summed E-state index contributed by atoms with van der Waals surface area (Å²) in [6.07, 6.45) is 7.04. The van der Waals surface area contributed by atoms with E-state index in [0.29, 0.717) is 11.5 Å². The van der Waals surface area contributed by atoms with Crippen molar-refractivity contribution in [3.63, 3.8) is 0 Å². The van der Waals surface area contributed by atoms with Crippen LogP contribution < -0.4 is 5.32 Å². The van der Waals surface area contributed by atoms with E-state index < -0.39 is 0 Å². The summed E-state index contributed by atoms with van der Waals surface area (Å²) in [5.41, 5.74) is 0.368. The van der Waals surface area contributed by atoms with Crippen LogP contribution in [0.4, 0.5) is 0 Å². The van der Waals surface area contributed by atoms with Crippen molar-refractivity contribution in [1.29, 1.82) is 0 Å². The van der Waals surface area contributed by atoms with E-state index in [9.17, 15) is 0 Å². The van der Waals surface area contributed by atoms with Gasteiger partial charge in [0.1, 0.15) is 0 Å². The van der Waals surface area contributed by atoms with Gasteiger partial charge in [-0.3, -0.25) is 9.80 Å². The number of fused-ring (bicyclic) bond motifs is 1. The topological polar surface area (TPSA) is 18.5 Å². The molecule has 3 nitrogen and oxygen atoms in total. The van der Waals surface area contributed by atoms with E-state index in [-0.39, 0.29) is 0 Å². The van der Waals surface area contributed by atoms with E-state index >= 15 is 0 Å². The average molecular weight is 279 g/mol. The lowest BCUT2D eigenvalue weighted by atomic mass is 9.86. The smallest absolute Gasteiger partial charge is 0.0264 e. The molecular formula is C17H33N3. The molecule has 20 heavy (non-hydrogen) atoms. The van der Waals surface area contributed by atoms with Crippen molar-refractivity contribution in [2.24, 2.45) is 5.41 Å². The van der Waals surface area contributed by atoms with Crippen molar-refractivity contribution in [3.8, 4) is 0 Å². The van der Waals surface area contributed by atoms with Gasteiger partial charge in [0.2, 0.25) is 0 Å². The van der Waals surface area contributed by atoms with Crippen LogP contribution in [0.15, 0.2) is 0 Å². The van der Waals surface area contributed by atoms with Crippen molar-refractivity contribution >= 4 is 0 Å². The molecule has 0 bridgehead atoms. The molecule has 116 valence electrons. The molecule has 3 rings (SSSR count). The van der Waals surface area contributed by atoms with E-state index in [1.807, 2.05) is 0 Å². The Morgan fingerprint density at radius 3 is 2.40 bits per heavy atom. The predicted molar refractivity (Wildman–Crippen MR) is 85.1 cm³/mol. The minimum Gasteiger partial charge on any atom is -0.312 e. The number of piperidine rings is 1. The molecule has 0 radical (unpaired) electrons. The first-order valence-electron chi connectivity index (χ1n) is 8.77. The van der Waals surface area contributed by atoms with Crippen molar-refractivity contribution < 1.29 is 0 Å². The summed E-state index contributed by atoms with van der Waals surface area (Å²) in [6, 6.07) is 2.34. The second kappa shape index (κ2) is 5.94. The lowest BCUT2D eigenvalue weighted by Gasteiger charge is -2.40. The van der Waals surface area contributed by atoms with Gasteiger partial charge < -0.3 is 5.32 Å². The van der Waals surface area contributed by atoms with E-state index in [4.69, 9.17) is 0 Å². The van der Waals surface area contributed by atoms with Crippen LogP contribution >= 0.6 is 0 Å². The van der Waals surface area contributed by atoms with Gasteiger partial charge >= 0.3 is 0 Å². The summed E-state index contributed by atoms with van der Waals surface area (Å²) in [5.74, 6) is 0. The fourth-order valence-electron chi connectivity index (χ4n) is 4.48. The third-order valence-electron chi connectivity index (χ3n) is 5.76. The van der Waals surface area contributed by atoms with Gasteiger partial charge in [0.15, 0.2) is 0 Å². The van der Waals surface area contributed by atoms with Gasteiger partial charge in [-0.15, -0.1) is 0 Å². The van der Waals surface area contributed by atoms with Crippen LogP contribution in [0.2, 0.25) is 0 Å². The molecule has 3 heterocycles. The Kier molecular flexibility index (Phi) is 4.40. The summed E-state index contributed by atoms with van der Waals surface area (Å²) in [4.78, 5) is 5.62. The van der Waals surface area contributed by atoms with E-state index in [1.54, 1.807) is 0 Å². The van der Waals surface area contributed by atoms with Crippen LogP contribution in [-0.2, 0) is 0 Å². The number of hydrogen-bond donors (Lipinski definition) is 1. The third-order valence-corrected chi connectivity index (χ3v) is 5.76. The Balaban J connectivity index is 1.68. The number of nitrogens with one attached hydrogen (secondary N) is 1. The van der Waals surface area contributed by atoms with Gasteiger partial charge in [0.25, 0.3) is 0 Å². The Morgan fingerprint density at radius 1 is 0.850 bits per heavy atom. The van der Waals surface area contributed by atoms with Gasteiger partial charge in [0.05, 0.1) is 0 Å². The quantitative estimate of drug-likeness (QED) is 0.795. The molecule has 0 aromatic rings. The maximum atomic E-state index is 3.79. The lowest BCUT2D eigenvalue weighted by Crippen LogP contribution is -2.52. The maximum Gasteiger partial charge on any atom is 0.0264 e. The summed E-state index contributed by atoms with van der Waals surface area (Å²) in [6.45, 7) is 13.6. The molecule has 3 fully saturated rings. The second-order valence-corrected chi connectivity index (χ2v) is 8.18. The highest BCUT2D eigenvalue weighted by Crippen LogP contribution is 2.32. The van der Waals surface area contributed by atoms with Gasteiger partial charge in [-0.2, -0.15) is 0 Å². The van der Waals surface area contributed by atoms with Gasteiger partial charge in [-0.05, 0) is 50.7 Å². The molecule has 0 aliphatic carbocycles. The number of hydrogen-bond acceptors (Lipinski definition) is 3. The van der Waals surface area contributed by atoms with Gasteiger partial charge in [-0.25, -0.2) is 0 Å². The highest BCUT2D eigenvalue weighted by molar-refractivity contribution is 4.98. The van der Waals surface area contributed by atoms with E-state index in [0.717, 1.165) is 12.1 Å². The normalized spacial score (nSPS) is 37.6. The van der Waals surface area contributed by atoms with Crippen molar-refractivity contribution in [3.05, 3.63) is 0 Å². The molecule has 0 spiro atoms. The van der Waals surface area contributed by atoms with Gasteiger partial charge in [0, 0.05) is 31.2 Å². The minimum absolute atomic E-state index is 0.368. The molecule has 3 unspecified atom stereocenters. The van der Waals surface area contributed by atoms with Crippen molar-refractivity contribution in [2.45, 2.75) is 71.0 Å². The first-order chi connectivity index (χ1) is 9.55. The van der Waals surface area contributed by atoms with Crippen LogP contribution in [0.1, 0.15) is 52.9 Å². The summed E-state index contributed by atoms with van der Waals surface area (Å²) >= 11 is 0. The largest absolute Gasteiger partial charge is 0.312 e. The zero-order chi connectivity index (χ0) is 14.2. The standard InChI is InChI=1S/C17H33N3/c1-17(2,3)16-13-20(11-6-9-18-16)15-8-12-19-10-5-4-7-14(15)19/h14-16,18H,4-13H2,1-3H3. The SMILES string of the molecule is CC(C)(C)C1CN(C2CCN3CCCCC23)CCCN1. The summed E-state index contributed by atoms with van der Waals surface area (Å²) in [5, 5.41) is 3.79. The summed E-state index contributed by atoms with van der Waals surface area (Å²) < 4.78 is 0. The van der Waals surface area contributed by atoms with Crippen LogP contribution in [0.25, 0.3) is 0 Å². The second-order valence-electron chi connectivity index (χ2n) is 8.18. The molecule has 1 N–H and O–H groups in total. The molecule has 3 atom stereocenters. The first kappa shape index (κ1) is 14.8. The van der Waals surface area contributed by atoms with Crippen molar-refractivity contribution in [1.82, 2.24) is 15.1 Å². The molecule has 0 saturated carbocycles. The molecule has 0 aromatic carbocycles. The Labute approximate surface area is 125 Å². The molecule has 3 aliphatic heterocycles. The fourth-order valence-corrected chi connectivity index (χ4v) is 4.48. The van der Waals surface area contributed by atoms with Crippen LogP contribution in [0.5, 0.6) is 0 Å². The van der Waals surface area contributed by atoms with E-state index in [1.165, 1.54) is 64.8 Å². The molecular weight excluding hydrogens is 246 g/mol. The number of nitrogens with zero attached hydrogens (tertiary/aromatic N) is 2. The Morgan fingerprint density at radius 2 is 1.60 bits per heavy atom. The van der Waals surface area contributed by atoms with Crippen LogP contribution in [0.3, 0.4) is 0 Å². The zero-order valence-electron chi connectivity index (χ0n) is 13.7. The Hall–Kier alpha value is -0.120. The molecule has 3 saturated heterocycles. The fraction of sp³-hybridized carbons (Fsp3) is 1.00. The Bertz CT molecular complexity index is 323. The summed E-state index contributed by atoms with van der Waals surface area (Å²) in [7, 11) is 0. The average Bonchev–Trinajstić information content (AvgIpc) is 2.66. The molecule has 0 amide bonds. The van der Waals surface area contributed by atoms with Crippen LogP contribution in [-0.4, -0.2) is 60.6 Å². The monoisotopic (exact) mass is 279 g/mol. The predicted octanol–water partition coefficient (Wildman–Crippen LogP) is 2.32. The highest BCUT2D eigenvalue weighted by Gasteiger charge is 2.40. The minimum atomic E-state index is 0.368. The van der Waals surface area contributed by atoms with Crippen LogP contribution in [0, 0.1) is 5.41 Å². The van der Waals surface area contributed by atoms with Crippen molar-refractivity contribution in [2.75, 3.05) is 32.7 Å². The molecule has 0 aromatic heterocycles. The highest BCUT2D eigenvalue weighted by atomic mass is 15.3. The maximum absolute atomic E-state index is 3.79. The first-order valence-corrected chi connectivity index (χ1v) is 8.77. The molecule has 3 aliphatic rings. The lowest BCUT2D eigenvalue weighted by molar-refractivity contribution is 0.0995.